The van der Waals surface area contributed by atoms with Crippen LogP contribution in [0.3, 0.4) is 0 Å². The van der Waals surface area contributed by atoms with Gasteiger partial charge in [-0.25, -0.2) is 4.39 Å². The van der Waals surface area contributed by atoms with Crippen LogP contribution in [-0.4, -0.2) is 5.91 Å². The van der Waals surface area contributed by atoms with Gasteiger partial charge in [-0.15, -0.1) is 0 Å². The summed E-state index contributed by atoms with van der Waals surface area (Å²) in [6.07, 6.45) is 5.43. The van der Waals surface area contributed by atoms with E-state index < -0.39 is 0 Å². The maximum atomic E-state index is 13.6. The molecule has 1 N–H and O–H groups in total. The summed E-state index contributed by atoms with van der Waals surface area (Å²) in [7, 11) is 0. The van der Waals surface area contributed by atoms with Gasteiger partial charge in [0.15, 0.2) is 0 Å². The third kappa shape index (κ3) is 3.09. The Morgan fingerprint density at radius 2 is 1.94 bits per heavy atom. The summed E-state index contributed by atoms with van der Waals surface area (Å²) >= 11 is 0. The predicted molar refractivity (Wildman–Crippen MR) is 69.5 cm³/mol. The van der Waals surface area contributed by atoms with Gasteiger partial charge in [-0.3, -0.25) is 4.79 Å². The minimum atomic E-state index is -0.263. The molecule has 0 radical (unpaired) electrons. The first-order chi connectivity index (χ1) is 8.68. The first-order valence-corrected chi connectivity index (χ1v) is 6.73. The van der Waals surface area contributed by atoms with Crippen molar-refractivity contribution in [3.8, 4) is 0 Å². The summed E-state index contributed by atoms with van der Waals surface area (Å²) in [6.45, 7) is 1.83. The molecular weight excluding hydrogens is 229 g/mol. The largest absolute Gasteiger partial charge is 0.349 e. The summed E-state index contributed by atoms with van der Waals surface area (Å²) in [5.74, 6) is -0.0626. The predicted octanol–water partition coefficient (Wildman–Crippen LogP) is 3.58. The molecule has 1 fully saturated rings. The van der Waals surface area contributed by atoms with E-state index in [0.717, 1.165) is 25.7 Å². The monoisotopic (exact) mass is 249 g/mol. The molecular formula is C15H20FNO. The number of rotatable bonds is 3. The van der Waals surface area contributed by atoms with Gasteiger partial charge in [0.1, 0.15) is 5.82 Å². The second kappa shape index (κ2) is 5.98. The molecule has 1 amide bonds. The summed E-state index contributed by atoms with van der Waals surface area (Å²) < 4.78 is 13.6. The molecule has 1 atom stereocenters. The van der Waals surface area contributed by atoms with E-state index in [4.69, 9.17) is 0 Å². The quantitative estimate of drug-likeness (QED) is 0.871. The van der Waals surface area contributed by atoms with Crippen LogP contribution in [-0.2, 0) is 4.79 Å². The number of nitrogens with one attached hydrogen (secondary N) is 1. The SMILES string of the molecule is C[C@@H](NC(=O)C1CCCCC1)c1ccccc1F. The van der Waals surface area contributed by atoms with Crippen molar-refractivity contribution in [3.05, 3.63) is 35.6 Å². The Morgan fingerprint density at radius 3 is 2.61 bits per heavy atom. The van der Waals surface area contributed by atoms with Crippen LogP contribution in [0.1, 0.15) is 50.6 Å². The molecule has 3 heteroatoms. The first kappa shape index (κ1) is 13.1. The van der Waals surface area contributed by atoms with E-state index in [1.165, 1.54) is 12.5 Å². The molecule has 0 aliphatic heterocycles. The van der Waals surface area contributed by atoms with Gasteiger partial charge in [0.25, 0.3) is 0 Å². The van der Waals surface area contributed by atoms with Crippen LogP contribution in [0.5, 0.6) is 0 Å². The van der Waals surface area contributed by atoms with Crippen molar-refractivity contribution in [2.75, 3.05) is 0 Å². The van der Waals surface area contributed by atoms with Crippen molar-refractivity contribution in [2.45, 2.75) is 45.1 Å². The van der Waals surface area contributed by atoms with Crippen molar-refractivity contribution < 1.29 is 9.18 Å². The third-order valence-corrected chi connectivity index (χ3v) is 3.71. The number of amides is 1. The van der Waals surface area contributed by atoms with Crippen molar-refractivity contribution in [1.82, 2.24) is 5.32 Å². The fourth-order valence-corrected chi connectivity index (χ4v) is 2.60. The maximum Gasteiger partial charge on any atom is 0.223 e. The minimum Gasteiger partial charge on any atom is -0.349 e. The highest BCUT2D eigenvalue weighted by Crippen LogP contribution is 2.25. The molecule has 0 aromatic heterocycles. The smallest absolute Gasteiger partial charge is 0.223 e. The van der Waals surface area contributed by atoms with Crippen molar-refractivity contribution in [2.24, 2.45) is 5.92 Å². The summed E-state index contributed by atoms with van der Waals surface area (Å²) in [6, 6.07) is 6.34. The highest BCUT2D eigenvalue weighted by molar-refractivity contribution is 5.79. The van der Waals surface area contributed by atoms with E-state index >= 15 is 0 Å². The van der Waals surface area contributed by atoms with Gasteiger partial charge in [-0.2, -0.15) is 0 Å². The van der Waals surface area contributed by atoms with E-state index in [1.54, 1.807) is 18.2 Å². The Labute approximate surface area is 108 Å². The first-order valence-electron chi connectivity index (χ1n) is 6.73. The topological polar surface area (TPSA) is 29.1 Å². The average Bonchev–Trinajstić information content (AvgIpc) is 2.40. The van der Waals surface area contributed by atoms with E-state index in [0.29, 0.717) is 5.56 Å². The van der Waals surface area contributed by atoms with Crippen LogP contribution in [0.4, 0.5) is 4.39 Å². The Balaban J connectivity index is 1.96. The fourth-order valence-electron chi connectivity index (χ4n) is 2.60. The Hall–Kier alpha value is -1.38. The van der Waals surface area contributed by atoms with Crippen molar-refractivity contribution >= 4 is 5.91 Å². The molecule has 18 heavy (non-hydrogen) atoms. The van der Waals surface area contributed by atoms with Crippen LogP contribution in [0, 0.1) is 11.7 Å². The molecule has 2 nitrogen and oxygen atoms in total. The van der Waals surface area contributed by atoms with Gasteiger partial charge in [-0.05, 0) is 25.8 Å². The van der Waals surface area contributed by atoms with Gasteiger partial charge in [0.2, 0.25) is 5.91 Å². The lowest BCUT2D eigenvalue weighted by atomic mass is 9.88. The number of hydrogen-bond donors (Lipinski definition) is 1. The van der Waals surface area contributed by atoms with Gasteiger partial charge in [0.05, 0.1) is 6.04 Å². The van der Waals surface area contributed by atoms with Crippen LogP contribution < -0.4 is 5.32 Å². The van der Waals surface area contributed by atoms with Gasteiger partial charge in [0, 0.05) is 11.5 Å². The van der Waals surface area contributed by atoms with Crippen LogP contribution >= 0.6 is 0 Å². The van der Waals surface area contributed by atoms with Crippen molar-refractivity contribution in [3.63, 3.8) is 0 Å². The summed E-state index contributed by atoms with van der Waals surface area (Å²) in [5.41, 5.74) is 0.557. The lowest BCUT2D eigenvalue weighted by molar-refractivity contribution is -0.126. The number of carbonyl (C=O) groups excluding carboxylic acids is 1. The number of halogens is 1. The molecule has 0 bridgehead atoms. The Morgan fingerprint density at radius 1 is 1.28 bits per heavy atom. The molecule has 1 saturated carbocycles. The molecule has 2 rings (SSSR count). The normalized spacial score (nSPS) is 18.3. The van der Waals surface area contributed by atoms with Crippen LogP contribution in [0.25, 0.3) is 0 Å². The summed E-state index contributed by atoms with van der Waals surface area (Å²) in [5, 5.41) is 2.93. The lowest BCUT2D eigenvalue weighted by Gasteiger charge is -2.23. The van der Waals surface area contributed by atoms with Gasteiger partial charge >= 0.3 is 0 Å². The Kier molecular flexibility index (Phi) is 4.34. The zero-order valence-corrected chi connectivity index (χ0v) is 10.8. The summed E-state index contributed by atoms with van der Waals surface area (Å²) in [4.78, 5) is 12.1. The van der Waals surface area contributed by atoms with Crippen LogP contribution in [0.15, 0.2) is 24.3 Å². The van der Waals surface area contributed by atoms with Gasteiger partial charge in [-0.1, -0.05) is 37.5 Å². The molecule has 0 spiro atoms. The second-order valence-corrected chi connectivity index (χ2v) is 5.09. The van der Waals surface area contributed by atoms with E-state index in [1.807, 2.05) is 6.92 Å². The Bertz CT molecular complexity index is 413. The van der Waals surface area contributed by atoms with E-state index in [9.17, 15) is 9.18 Å². The van der Waals surface area contributed by atoms with E-state index in [2.05, 4.69) is 5.32 Å². The highest BCUT2D eigenvalue weighted by Gasteiger charge is 2.23. The fraction of sp³-hybridized carbons (Fsp3) is 0.533. The van der Waals surface area contributed by atoms with Gasteiger partial charge < -0.3 is 5.32 Å². The number of benzene rings is 1. The zero-order valence-electron chi connectivity index (χ0n) is 10.8. The number of hydrogen-bond acceptors (Lipinski definition) is 1. The lowest BCUT2D eigenvalue weighted by Crippen LogP contribution is -2.34. The van der Waals surface area contributed by atoms with Crippen molar-refractivity contribution in [1.29, 1.82) is 0 Å². The molecule has 1 aromatic carbocycles. The standard InChI is InChI=1S/C15H20FNO/c1-11(13-9-5-6-10-14(13)16)17-15(18)12-7-3-2-4-8-12/h5-6,9-12H,2-4,7-8H2,1H3,(H,17,18)/t11-/m1/s1. The van der Waals surface area contributed by atoms with E-state index in [-0.39, 0.29) is 23.7 Å². The zero-order chi connectivity index (χ0) is 13.0. The molecule has 98 valence electrons. The molecule has 0 heterocycles. The molecule has 0 unspecified atom stereocenters. The molecule has 0 saturated heterocycles. The second-order valence-electron chi connectivity index (χ2n) is 5.09. The third-order valence-electron chi connectivity index (χ3n) is 3.71. The number of carbonyl (C=O) groups is 1. The molecule has 1 aliphatic carbocycles. The maximum absolute atomic E-state index is 13.6. The molecule has 1 aliphatic rings. The average molecular weight is 249 g/mol. The minimum absolute atomic E-state index is 0.0745. The molecule has 1 aromatic rings. The highest BCUT2D eigenvalue weighted by atomic mass is 19.1. The van der Waals surface area contributed by atoms with Crippen LogP contribution in [0.2, 0.25) is 0 Å².